The van der Waals surface area contributed by atoms with Crippen LogP contribution in [0.3, 0.4) is 0 Å². The third kappa shape index (κ3) is 1.91. The van der Waals surface area contributed by atoms with Crippen molar-refractivity contribution in [1.82, 2.24) is 4.90 Å². The molecular weight excluding hydrogens is 248 g/mol. The highest BCUT2D eigenvalue weighted by molar-refractivity contribution is 5.79. The first-order valence-corrected chi connectivity index (χ1v) is 7.96. The molecule has 20 heavy (non-hydrogen) atoms. The Morgan fingerprint density at radius 3 is 2.75 bits per heavy atom. The molecule has 1 amide bonds. The van der Waals surface area contributed by atoms with Crippen LogP contribution in [-0.2, 0) is 11.2 Å². The summed E-state index contributed by atoms with van der Waals surface area (Å²) in [6, 6.07) is 9.21. The lowest BCUT2D eigenvalue weighted by molar-refractivity contribution is -0.136. The maximum Gasteiger partial charge on any atom is 0.225 e. The van der Waals surface area contributed by atoms with Crippen molar-refractivity contribution in [2.45, 2.75) is 38.1 Å². The van der Waals surface area contributed by atoms with Crippen molar-refractivity contribution in [3.63, 3.8) is 0 Å². The minimum absolute atomic E-state index is 0.324. The lowest BCUT2D eigenvalue weighted by Crippen LogP contribution is -2.54. The molecule has 0 spiro atoms. The van der Waals surface area contributed by atoms with Gasteiger partial charge in [0, 0.05) is 31.2 Å². The summed E-state index contributed by atoms with van der Waals surface area (Å²) in [5.41, 5.74) is 2.85. The Labute approximate surface area is 120 Å². The molecule has 106 valence electrons. The Morgan fingerprint density at radius 2 is 1.90 bits per heavy atom. The van der Waals surface area contributed by atoms with Crippen molar-refractivity contribution in [1.29, 1.82) is 0 Å². The number of carbonyl (C=O) groups is 1. The van der Waals surface area contributed by atoms with Crippen LogP contribution in [0.15, 0.2) is 24.3 Å². The van der Waals surface area contributed by atoms with Crippen molar-refractivity contribution >= 4 is 11.6 Å². The summed E-state index contributed by atoms with van der Waals surface area (Å²) in [5, 5.41) is 0. The molecule has 1 saturated carbocycles. The van der Waals surface area contributed by atoms with E-state index in [9.17, 15) is 4.79 Å². The van der Waals surface area contributed by atoms with Crippen LogP contribution in [-0.4, -0.2) is 36.5 Å². The number of carbonyl (C=O) groups excluding carboxylic acids is 1. The zero-order valence-electron chi connectivity index (χ0n) is 11.9. The van der Waals surface area contributed by atoms with E-state index in [1.807, 2.05) is 0 Å². The van der Waals surface area contributed by atoms with Crippen LogP contribution in [0.25, 0.3) is 0 Å². The molecule has 3 nitrogen and oxygen atoms in total. The molecule has 4 rings (SSSR count). The van der Waals surface area contributed by atoms with Crippen molar-refractivity contribution in [2.75, 3.05) is 24.5 Å². The molecule has 2 fully saturated rings. The quantitative estimate of drug-likeness (QED) is 0.782. The highest BCUT2D eigenvalue weighted by atomic mass is 16.2. The van der Waals surface area contributed by atoms with Crippen LogP contribution in [0.2, 0.25) is 0 Å². The highest BCUT2D eigenvalue weighted by Crippen LogP contribution is 2.35. The van der Waals surface area contributed by atoms with Gasteiger partial charge in [0.2, 0.25) is 5.91 Å². The molecule has 0 N–H and O–H groups in total. The van der Waals surface area contributed by atoms with Gasteiger partial charge < -0.3 is 9.80 Å². The summed E-state index contributed by atoms with van der Waals surface area (Å²) in [5.74, 6) is 0.753. The Kier molecular flexibility index (Phi) is 2.94. The minimum Gasteiger partial charge on any atom is -0.364 e. The van der Waals surface area contributed by atoms with Crippen LogP contribution in [0.4, 0.5) is 5.69 Å². The molecule has 2 heterocycles. The predicted octanol–water partition coefficient (Wildman–Crippen LogP) is 2.45. The topological polar surface area (TPSA) is 23.6 Å². The second kappa shape index (κ2) is 4.80. The Bertz CT molecular complexity index is 521. The monoisotopic (exact) mass is 270 g/mol. The first-order chi connectivity index (χ1) is 9.83. The van der Waals surface area contributed by atoms with Gasteiger partial charge in [0.05, 0.1) is 6.04 Å². The Hall–Kier alpha value is -1.51. The van der Waals surface area contributed by atoms with Crippen LogP contribution in [0.1, 0.15) is 31.2 Å². The largest absolute Gasteiger partial charge is 0.364 e. The summed E-state index contributed by atoms with van der Waals surface area (Å²) in [4.78, 5) is 17.2. The molecule has 1 aliphatic carbocycles. The van der Waals surface area contributed by atoms with E-state index in [-0.39, 0.29) is 0 Å². The van der Waals surface area contributed by atoms with Crippen LogP contribution >= 0.6 is 0 Å². The standard InChI is InChI=1S/C17H22N2O/c20-17(13-5-1-2-6-13)18-9-10-19-15(12-18)11-14-7-3-4-8-16(14)19/h3-4,7-8,13,15H,1-2,5-6,9-12H2. The first-order valence-electron chi connectivity index (χ1n) is 7.96. The van der Waals surface area contributed by atoms with E-state index in [0.717, 1.165) is 38.9 Å². The van der Waals surface area contributed by atoms with E-state index in [4.69, 9.17) is 0 Å². The van der Waals surface area contributed by atoms with Gasteiger partial charge in [-0.2, -0.15) is 0 Å². The molecular formula is C17H22N2O. The van der Waals surface area contributed by atoms with Crippen molar-refractivity contribution in [3.05, 3.63) is 29.8 Å². The van der Waals surface area contributed by atoms with Gasteiger partial charge in [-0.15, -0.1) is 0 Å². The van der Waals surface area contributed by atoms with Gasteiger partial charge in [0.15, 0.2) is 0 Å². The second-order valence-corrected chi connectivity index (χ2v) is 6.45. The molecule has 3 heteroatoms. The number of hydrogen-bond acceptors (Lipinski definition) is 2. The highest BCUT2D eigenvalue weighted by Gasteiger charge is 2.37. The molecule has 0 bridgehead atoms. The summed E-state index contributed by atoms with van der Waals surface area (Å²) in [7, 11) is 0. The summed E-state index contributed by atoms with van der Waals surface area (Å²) >= 11 is 0. The number of fused-ring (bicyclic) bond motifs is 3. The van der Waals surface area contributed by atoms with E-state index in [1.54, 1.807) is 0 Å². The molecule has 2 aliphatic heterocycles. The maximum atomic E-state index is 12.6. The zero-order chi connectivity index (χ0) is 13.5. The number of rotatable bonds is 1. The predicted molar refractivity (Wildman–Crippen MR) is 79.8 cm³/mol. The summed E-state index contributed by atoms with van der Waals surface area (Å²) in [6.07, 6.45) is 5.81. The maximum absolute atomic E-state index is 12.6. The van der Waals surface area contributed by atoms with Gasteiger partial charge in [0.25, 0.3) is 0 Å². The average Bonchev–Trinajstić information content (AvgIpc) is 3.13. The van der Waals surface area contributed by atoms with Crippen molar-refractivity contribution in [3.8, 4) is 0 Å². The summed E-state index contributed by atoms with van der Waals surface area (Å²) in [6.45, 7) is 2.82. The van der Waals surface area contributed by atoms with Gasteiger partial charge in [0.1, 0.15) is 0 Å². The number of amides is 1. The normalized spacial score (nSPS) is 25.7. The third-order valence-electron chi connectivity index (χ3n) is 5.26. The van der Waals surface area contributed by atoms with Crippen LogP contribution in [0, 0.1) is 5.92 Å². The molecule has 0 radical (unpaired) electrons. The SMILES string of the molecule is O=C(C1CCCC1)N1CCN2c3ccccc3CC2C1. The molecule has 1 atom stereocenters. The fourth-order valence-electron chi connectivity index (χ4n) is 4.20. The second-order valence-electron chi connectivity index (χ2n) is 6.45. The van der Waals surface area contributed by atoms with Gasteiger partial charge in [-0.05, 0) is 30.9 Å². The van der Waals surface area contributed by atoms with Crippen molar-refractivity contribution in [2.24, 2.45) is 5.92 Å². The molecule has 0 aromatic heterocycles. The average molecular weight is 270 g/mol. The molecule has 1 aromatic rings. The molecule has 3 aliphatic rings. The van der Waals surface area contributed by atoms with E-state index in [1.165, 1.54) is 24.1 Å². The minimum atomic E-state index is 0.324. The zero-order valence-corrected chi connectivity index (χ0v) is 11.9. The van der Waals surface area contributed by atoms with Crippen LogP contribution in [0.5, 0.6) is 0 Å². The molecule has 1 saturated heterocycles. The number of piperazine rings is 1. The van der Waals surface area contributed by atoms with Crippen molar-refractivity contribution < 1.29 is 4.79 Å². The lowest BCUT2D eigenvalue weighted by atomic mass is 10.0. The number of anilines is 1. The van der Waals surface area contributed by atoms with Gasteiger partial charge in [-0.25, -0.2) is 0 Å². The van der Waals surface area contributed by atoms with Gasteiger partial charge >= 0.3 is 0 Å². The molecule has 1 unspecified atom stereocenters. The van der Waals surface area contributed by atoms with Gasteiger partial charge in [-0.3, -0.25) is 4.79 Å². The fraction of sp³-hybridized carbons (Fsp3) is 0.588. The first kappa shape index (κ1) is 12.2. The fourth-order valence-corrected chi connectivity index (χ4v) is 4.20. The van der Waals surface area contributed by atoms with E-state index in [2.05, 4.69) is 34.1 Å². The summed E-state index contributed by atoms with van der Waals surface area (Å²) < 4.78 is 0. The Morgan fingerprint density at radius 1 is 1.10 bits per heavy atom. The number of para-hydroxylation sites is 1. The van der Waals surface area contributed by atoms with E-state index in [0.29, 0.717) is 17.9 Å². The molecule has 1 aromatic carbocycles. The Balaban J connectivity index is 1.48. The van der Waals surface area contributed by atoms with Crippen LogP contribution < -0.4 is 4.90 Å². The van der Waals surface area contributed by atoms with E-state index < -0.39 is 0 Å². The third-order valence-corrected chi connectivity index (χ3v) is 5.26. The van der Waals surface area contributed by atoms with Gasteiger partial charge in [-0.1, -0.05) is 31.0 Å². The lowest BCUT2D eigenvalue weighted by Gasteiger charge is -2.40. The number of nitrogens with zero attached hydrogens (tertiary/aromatic N) is 2. The number of benzene rings is 1. The smallest absolute Gasteiger partial charge is 0.225 e. The number of hydrogen-bond donors (Lipinski definition) is 0. The van der Waals surface area contributed by atoms with E-state index >= 15 is 0 Å².